The second kappa shape index (κ2) is 8.94. The van der Waals surface area contributed by atoms with E-state index in [0.29, 0.717) is 38.6 Å². The highest BCUT2D eigenvalue weighted by atomic mass is 16.5. The van der Waals surface area contributed by atoms with E-state index in [9.17, 15) is 0 Å². The summed E-state index contributed by atoms with van der Waals surface area (Å²) in [5, 5.41) is 12.0. The van der Waals surface area contributed by atoms with Crippen LogP contribution in [-0.4, -0.2) is 59.4 Å². The van der Waals surface area contributed by atoms with Crippen LogP contribution in [0, 0.1) is 25.7 Å². The molecule has 0 aliphatic carbocycles. The topological polar surface area (TPSA) is 105 Å². The smallest absolute Gasteiger partial charge is 0.207 e. The Morgan fingerprint density at radius 2 is 1.97 bits per heavy atom. The molecule has 4 rings (SSSR count). The molecule has 0 amide bonds. The van der Waals surface area contributed by atoms with Crippen LogP contribution in [0.25, 0.3) is 16.7 Å². The maximum Gasteiger partial charge on any atom is 0.207 e. The van der Waals surface area contributed by atoms with Crippen LogP contribution in [0.15, 0.2) is 18.7 Å². The predicted octanol–water partition coefficient (Wildman–Crippen LogP) is 1.49. The molecule has 4 aromatic rings. The molecule has 0 aliphatic heterocycles. The van der Waals surface area contributed by atoms with Gasteiger partial charge >= 0.3 is 0 Å². The molecule has 10 nitrogen and oxygen atoms in total. The SMILES string of the molecule is CCOCc1nc2c(c(C)c(C)n3nnnc23)n1CCOCC#Cc1cncnc1. The number of nitrogens with zero attached hydrogens (tertiary/aromatic N) is 8. The van der Waals surface area contributed by atoms with E-state index in [1.54, 1.807) is 16.9 Å². The maximum atomic E-state index is 5.73. The number of hydrogen-bond donors (Lipinski definition) is 0. The fourth-order valence-corrected chi connectivity index (χ4v) is 3.25. The van der Waals surface area contributed by atoms with Gasteiger partial charge in [-0.3, -0.25) is 0 Å². The van der Waals surface area contributed by atoms with Crippen molar-refractivity contribution in [2.24, 2.45) is 0 Å². The van der Waals surface area contributed by atoms with Crippen LogP contribution in [0.4, 0.5) is 0 Å². The average molecular weight is 406 g/mol. The van der Waals surface area contributed by atoms with Gasteiger partial charge in [0.15, 0.2) is 0 Å². The van der Waals surface area contributed by atoms with E-state index in [2.05, 4.69) is 48.8 Å². The Balaban J connectivity index is 1.56. The van der Waals surface area contributed by atoms with Gasteiger partial charge < -0.3 is 14.0 Å². The normalized spacial score (nSPS) is 11.2. The lowest BCUT2D eigenvalue weighted by Crippen LogP contribution is -2.12. The quantitative estimate of drug-likeness (QED) is 0.336. The minimum Gasteiger partial charge on any atom is -0.374 e. The van der Waals surface area contributed by atoms with E-state index in [4.69, 9.17) is 14.5 Å². The number of ether oxygens (including phenoxy) is 2. The van der Waals surface area contributed by atoms with Gasteiger partial charge in [-0.25, -0.2) is 15.0 Å². The lowest BCUT2D eigenvalue weighted by atomic mass is 10.2. The number of aromatic nitrogens is 8. The van der Waals surface area contributed by atoms with E-state index in [-0.39, 0.29) is 0 Å². The second-order valence-corrected chi connectivity index (χ2v) is 6.62. The summed E-state index contributed by atoms with van der Waals surface area (Å²) in [5.41, 5.74) is 5.22. The first-order valence-corrected chi connectivity index (χ1v) is 9.66. The summed E-state index contributed by atoms with van der Waals surface area (Å²) in [5.74, 6) is 6.78. The van der Waals surface area contributed by atoms with Gasteiger partial charge in [0.1, 0.15) is 30.9 Å². The van der Waals surface area contributed by atoms with Gasteiger partial charge in [-0.05, 0) is 36.8 Å². The lowest BCUT2D eigenvalue weighted by molar-refractivity contribution is 0.121. The first-order valence-electron chi connectivity index (χ1n) is 9.66. The van der Waals surface area contributed by atoms with Gasteiger partial charge in [0.2, 0.25) is 5.65 Å². The Kier molecular flexibility index (Phi) is 5.92. The zero-order valence-electron chi connectivity index (χ0n) is 17.2. The van der Waals surface area contributed by atoms with E-state index in [1.165, 1.54) is 6.33 Å². The standard InChI is InChI=1S/C20H22N8O2/c1-4-29-12-17-23-18-19(14(2)15(3)28-20(18)24-25-26-28)27(17)7-9-30-8-5-6-16-10-21-13-22-11-16/h10-11,13H,4,7-9,12H2,1-3H3. The van der Waals surface area contributed by atoms with E-state index >= 15 is 0 Å². The molecular formula is C20H22N8O2. The predicted molar refractivity (Wildman–Crippen MR) is 109 cm³/mol. The number of rotatable bonds is 7. The number of aryl methyl sites for hydroxylation is 2. The van der Waals surface area contributed by atoms with Crippen LogP contribution < -0.4 is 0 Å². The third kappa shape index (κ3) is 3.85. The van der Waals surface area contributed by atoms with Crippen molar-refractivity contribution in [3.63, 3.8) is 0 Å². The number of fused-ring (bicyclic) bond motifs is 3. The minimum absolute atomic E-state index is 0.318. The molecule has 0 fully saturated rings. The number of hydrogen-bond acceptors (Lipinski definition) is 8. The summed E-state index contributed by atoms with van der Waals surface area (Å²) in [6.45, 7) is 8.45. The van der Waals surface area contributed by atoms with Crippen LogP contribution in [0.1, 0.15) is 29.6 Å². The molecule has 0 unspecified atom stereocenters. The van der Waals surface area contributed by atoms with Gasteiger partial charge in [0.05, 0.1) is 17.7 Å². The Labute approximate surface area is 173 Å². The van der Waals surface area contributed by atoms with Crippen molar-refractivity contribution in [2.75, 3.05) is 19.8 Å². The summed E-state index contributed by atoms with van der Waals surface area (Å²) in [4.78, 5) is 12.7. The van der Waals surface area contributed by atoms with Crippen LogP contribution >= 0.6 is 0 Å². The van der Waals surface area contributed by atoms with Gasteiger partial charge in [-0.2, -0.15) is 4.52 Å². The molecule has 154 valence electrons. The van der Waals surface area contributed by atoms with Gasteiger partial charge in [0, 0.05) is 31.2 Å². The fourth-order valence-electron chi connectivity index (χ4n) is 3.25. The highest BCUT2D eigenvalue weighted by molar-refractivity contribution is 5.91. The van der Waals surface area contributed by atoms with E-state index in [1.807, 2.05) is 13.8 Å². The fraction of sp³-hybridized carbons (Fsp3) is 0.400. The average Bonchev–Trinajstić information content (AvgIpc) is 3.39. The van der Waals surface area contributed by atoms with Gasteiger partial charge in [-0.15, -0.1) is 5.10 Å². The molecule has 0 spiro atoms. The summed E-state index contributed by atoms with van der Waals surface area (Å²) in [7, 11) is 0. The van der Waals surface area contributed by atoms with Crippen molar-refractivity contribution in [1.82, 2.24) is 39.6 Å². The van der Waals surface area contributed by atoms with Gasteiger partial charge in [-0.1, -0.05) is 11.8 Å². The molecule has 4 aromatic heterocycles. The zero-order valence-corrected chi connectivity index (χ0v) is 17.2. The third-order valence-corrected chi connectivity index (χ3v) is 4.81. The minimum atomic E-state index is 0.318. The maximum absolute atomic E-state index is 5.73. The monoisotopic (exact) mass is 406 g/mol. The highest BCUT2D eigenvalue weighted by Crippen LogP contribution is 2.26. The number of pyridine rings is 1. The Morgan fingerprint density at radius 3 is 2.77 bits per heavy atom. The first kappa shape index (κ1) is 19.9. The summed E-state index contributed by atoms with van der Waals surface area (Å²) < 4.78 is 15.2. The van der Waals surface area contributed by atoms with Crippen molar-refractivity contribution < 1.29 is 9.47 Å². The molecular weight excluding hydrogens is 384 g/mol. The first-order chi connectivity index (χ1) is 14.7. The number of tetrazole rings is 1. The van der Waals surface area contributed by atoms with E-state index in [0.717, 1.165) is 33.7 Å². The Morgan fingerprint density at radius 1 is 1.13 bits per heavy atom. The largest absolute Gasteiger partial charge is 0.374 e. The van der Waals surface area contributed by atoms with Crippen LogP contribution in [0.2, 0.25) is 0 Å². The summed E-state index contributed by atoms with van der Waals surface area (Å²) in [6.07, 6.45) is 4.82. The second-order valence-electron chi connectivity index (χ2n) is 6.62. The molecule has 0 atom stereocenters. The van der Waals surface area contributed by atoms with Crippen LogP contribution in [0.3, 0.4) is 0 Å². The molecule has 0 N–H and O–H groups in total. The number of imidazole rings is 1. The van der Waals surface area contributed by atoms with Crippen molar-refractivity contribution in [1.29, 1.82) is 0 Å². The molecule has 4 heterocycles. The molecule has 0 saturated heterocycles. The summed E-state index contributed by atoms with van der Waals surface area (Å²) in [6, 6.07) is 0. The van der Waals surface area contributed by atoms with Crippen LogP contribution in [0.5, 0.6) is 0 Å². The molecule has 0 radical (unpaired) electrons. The molecule has 10 heteroatoms. The van der Waals surface area contributed by atoms with Crippen molar-refractivity contribution in [3.8, 4) is 11.8 Å². The lowest BCUT2D eigenvalue weighted by Gasteiger charge is -2.11. The van der Waals surface area contributed by atoms with Gasteiger partial charge in [0.25, 0.3) is 0 Å². The van der Waals surface area contributed by atoms with Crippen molar-refractivity contribution in [2.45, 2.75) is 33.9 Å². The van der Waals surface area contributed by atoms with Crippen molar-refractivity contribution in [3.05, 3.63) is 41.4 Å². The highest BCUT2D eigenvalue weighted by Gasteiger charge is 2.20. The van der Waals surface area contributed by atoms with Crippen LogP contribution in [-0.2, 0) is 22.6 Å². The zero-order chi connectivity index (χ0) is 20.9. The third-order valence-electron chi connectivity index (χ3n) is 4.81. The molecule has 30 heavy (non-hydrogen) atoms. The Bertz CT molecular complexity index is 1220. The van der Waals surface area contributed by atoms with Crippen molar-refractivity contribution >= 4 is 16.7 Å². The molecule has 0 saturated carbocycles. The molecule has 0 bridgehead atoms. The molecule has 0 aliphatic rings. The molecule has 0 aromatic carbocycles. The van der Waals surface area contributed by atoms with E-state index < -0.39 is 0 Å². The Hall–Kier alpha value is -3.42. The summed E-state index contributed by atoms with van der Waals surface area (Å²) >= 11 is 0.